The standard InChI is InChI=1S/C15H13F2O3PS/c1-2-11-18-21(22,19-14-7-3-12(16)4-8-14)20-15-9-5-13(17)6-10-15/h2-10H,1,11H2. The molecule has 3 nitrogen and oxygen atoms in total. The third kappa shape index (κ3) is 4.91. The van der Waals surface area contributed by atoms with Crippen LogP contribution in [0.2, 0.25) is 0 Å². The van der Waals surface area contributed by atoms with Gasteiger partial charge in [0, 0.05) is 11.8 Å². The molecule has 0 amide bonds. The van der Waals surface area contributed by atoms with E-state index in [4.69, 9.17) is 25.4 Å². The predicted molar refractivity (Wildman–Crippen MR) is 84.5 cm³/mol. The summed E-state index contributed by atoms with van der Waals surface area (Å²) in [4.78, 5) is 0. The maximum atomic E-state index is 12.9. The highest BCUT2D eigenvalue weighted by Gasteiger charge is 2.24. The summed E-state index contributed by atoms with van der Waals surface area (Å²) >= 11 is 5.31. The summed E-state index contributed by atoms with van der Waals surface area (Å²) in [6.45, 7) is 0.469. The van der Waals surface area contributed by atoms with Crippen LogP contribution in [0, 0.1) is 11.6 Å². The summed E-state index contributed by atoms with van der Waals surface area (Å²) in [5.74, 6) is -0.161. The van der Waals surface area contributed by atoms with Gasteiger partial charge in [0.1, 0.15) is 23.1 Å². The van der Waals surface area contributed by atoms with Gasteiger partial charge in [-0.2, -0.15) is 0 Å². The third-order valence-electron chi connectivity index (χ3n) is 2.41. The summed E-state index contributed by atoms with van der Waals surface area (Å²) in [6, 6.07) is 10.6. The smallest absolute Gasteiger partial charge is 0.416 e. The number of rotatable bonds is 7. The van der Waals surface area contributed by atoms with Crippen molar-refractivity contribution < 1.29 is 22.4 Å². The molecule has 2 rings (SSSR count). The van der Waals surface area contributed by atoms with E-state index in [0.717, 1.165) is 0 Å². The first kappa shape index (κ1) is 16.6. The average molecular weight is 342 g/mol. The molecular weight excluding hydrogens is 329 g/mol. The molecule has 2 aromatic rings. The van der Waals surface area contributed by atoms with Gasteiger partial charge in [-0.05, 0) is 48.5 Å². The molecule has 7 heteroatoms. The van der Waals surface area contributed by atoms with Crippen molar-refractivity contribution in [2.45, 2.75) is 0 Å². The Kier molecular flexibility index (Phi) is 5.66. The van der Waals surface area contributed by atoms with Crippen LogP contribution < -0.4 is 9.05 Å². The van der Waals surface area contributed by atoms with Crippen molar-refractivity contribution in [2.75, 3.05) is 6.61 Å². The first-order valence-electron chi connectivity index (χ1n) is 6.26. The van der Waals surface area contributed by atoms with E-state index in [1.165, 1.54) is 54.6 Å². The molecule has 0 heterocycles. The first-order chi connectivity index (χ1) is 10.5. The summed E-state index contributed by atoms with van der Waals surface area (Å²) in [5.41, 5.74) is 0. The molecule has 22 heavy (non-hydrogen) atoms. The average Bonchev–Trinajstić information content (AvgIpc) is 2.50. The zero-order valence-corrected chi connectivity index (χ0v) is 13.2. The molecule has 0 aliphatic rings. The zero-order chi connectivity index (χ0) is 16.0. The molecule has 0 aliphatic heterocycles. The van der Waals surface area contributed by atoms with Crippen molar-refractivity contribution in [2.24, 2.45) is 0 Å². The van der Waals surface area contributed by atoms with Gasteiger partial charge >= 0.3 is 6.72 Å². The Morgan fingerprint density at radius 2 is 1.32 bits per heavy atom. The van der Waals surface area contributed by atoms with Crippen molar-refractivity contribution >= 4 is 18.5 Å². The van der Waals surface area contributed by atoms with E-state index in [0.29, 0.717) is 11.5 Å². The van der Waals surface area contributed by atoms with E-state index in [1.54, 1.807) is 0 Å². The number of hydrogen-bond acceptors (Lipinski definition) is 4. The number of hydrogen-bond donors (Lipinski definition) is 0. The topological polar surface area (TPSA) is 27.7 Å². The fourth-order valence-corrected chi connectivity index (χ4v) is 3.35. The third-order valence-corrected chi connectivity index (χ3v) is 4.51. The highest BCUT2D eigenvalue weighted by atomic mass is 32.5. The Balaban J connectivity index is 2.18. The fourth-order valence-electron chi connectivity index (χ4n) is 1.46. The number of halogens is 2. The Hall–Kier alpha value is -1.75. The molecule has 0 N–H and O–H groups in total. The maximum absolute atomic E-state index is 12.9. The minimum Gasteiger partial charge on any atom is -0.416 e. The van der Waals surface area contributed by atoms with Gasteiger partial charge in [0.15, 0.2) is 0 Å². The fraction of sp³-hybridized carbons (Fsp3) is 0.0667. The molecule has 0 aliphatic carbocycles. The largest absolute Gasteiger partial charge is 0.435 e. The van der Waals surface area contributed by atoms with Gasteiger partial charge in [-0.3, -0.25) is 4.52 Å². The molecule has 0 spiro atoms. The van der Waals surface area contributed by atoms with E-state index in [1.807, 2.05) is 0 Å². The molecular formula is C15H13F2O3PS. The van der Waals surface area contributed by atoms with Crippen LogP contribution in [0.5, 0.6) is 11.5 Å². The molecule has 2 aromatic carbocycles. The highest BCUT2D eigenvalue weighted by Crippen LogP contribution is 2.49. The van der Waals surface area contributed by atoms with Gasteiger partial charge in [-0.1, -0.05) is 6.08 Å². The van der Waals surface area contributed by atoms with Gasteiger partial charge in [0.05, 0.1) is 6.61 Å². The molecule has 116 valence electrons. The Morgan fingerprint density at radius 1 is 0.909 bits per heavy atom. The van der Waals surface area contributed by atoms with Crippen molar-refractivity contribution in [1.82, 2.24) is 0 Å². The van der Waals surface area contributed by atoms with Crippen molar-refractivity contribution in [1.29, 1.82) is 0 Å². The first-order valence-corrected chi connectivity index (χ1v) is 8.82. The molecule has 0 aromatic heterocycles. The van der Waals surface area contributed by atoms with Crippen LogP contribution in [0.1, 0.15) is 0 Å². The monoisotopic (exact) mass is 342 g/mol. The van der Waals surface area contributed by atoms with Crippen LogP contribution in [0.4, 0.5) is 8.78 Å². The van der Waals surface area contributed by atoms with Crippen LogP contribution in [0.15, 0.2) is 61.2 Å². The zero-order valence-electron chi connectivity index (χ0n) is 11.4. The second-order valence-electron chi connectivity index (χ2n) is 4.12. The SMILES string of the molecule is C=CCOP(=S)(Oc1ccc(F)cc1)Oc1ccc(F)cc1. The van der Waals surface area contributed by atoms with Crippen LogP contribution in [0.25, 0.3) is 0 Å². The molecule has 0 radical (unpaired) electrons. The molecule has 0 saturated heterocycles. The van der Waals surface area contributed by atoms with Crippen molar-refractivity contribution in [3.63, 3.8) is 0 Å². The predicted octanol–water partition coefficient (Wildman–Crippen LogP) is 4.85. The van der Waals surface area contributed by atoms with Crippen LogP contribution >= 0.6 is 6.72 Å². The Morgan fingerprint density at radius 3 is 1.68 bits per heavy atom. The quantitative estimate of drug-likeness (QED) is 0.531. The van der Waals surface area contributed by atoms with Crippen LogP contribution in [0.3, 0.4) is 0 Å². The summed E-state index contributed by atoms with van der Waals surface area (Å²) < 4.78 is 42.4. The maximum Gasteiger partial charge on any atom is 0.435 e. The van der Waals surface area contributed by atoms with E-state index in [9.17, 15) is 8.78 Å². The second kappa shape index (κ2) is 7.49. The normalized spacial score (nSPS) is 11.0. The lowest BCUT2D eigenvalue weighted by Gasteiger charge is -2.22. The highest BCUT2D eigenvalue weighted by molar-refractivity contribution is 8.07. The van der Waals surface area contributed by atoms with E-state index in [-0.39, 0.29) is 6.61 Å². The molecule has 0 fully saturated rings. The summed E-state index contributed by atoms with van der Waals surface area (Å²) in [5, 5.41) is 0. The lowest BCUT2D eigenvalue weighted by atomic mass is 10.3. The Bertz CT molecular complexity index is 623. The van der Waals surface area contributed by atoms with Gasteiger partial charge in [0.25, 0.3) is 0 Å². The van der Waals surface area contributed by atoms with Crippen molar-refractivity contribution in [3.8, 4) is 11.5 Å². The summed E-state index contributed by atoms with van der Waals surface area (Å²) in [6.07, 6.45) is 1.50. The van der Waals surface area contributed by atoms with Gasteiger partial charge in [0.2, 0.25) is 0 Å². The van der Waals surface area contributed by atoms with E-state index < -0.39 is 18.4 Å². The van der Waals surface area contributed by atoms with Gasteiger partial charge in [-0.25, -0.2) is 8.78 Å². The molecule has 0 atom stereocenters. The lowest BCUT2D eigenvalue weighted by Crippen LogP contribution is -2.05. The minimum absolute atomic E-state index is 0.125. The van der Waals surface area contributed by atoms with E-state index in [2.05, 4.69) is 6.58 Å². The van der Waals surface area contributed by atoms with Crippen LogP contribution in [-0.4, -0.2) is 6.61 Å². The van der Waals surface area contributed by atoms with Gasteiger partial charge in [-0.15, -0.1) is 6.58 Å². The molecule has 0 bridgehead atoms. The number of benzene rings is 2. The molecule has 0 saturated carbocycles. The van der Waals surface area contributed by atoms with Gasteiger partial charge < -0.3 is 9.05 Å². The molecule has 0 unspecified atom stereocenters. The van der Waals surface area contributed by atoms with Crippen molar-refractivity contribution in [3.05, 3.63) is 72.8 Å². The lowest BCUT2D eigenvalue weighted by molar-refractivity contribution is 0.290. The summed E-state index contributed by atoms with van der Waals surface area (Å²) in [7, 11) is 0. The van der Waals surface area contributed by atoms with Crippen LogP contribution in [-0.2, 0) is 16.3 Å². The van der Waals surface area contributed by atoms with E-state index >= 15 is 0 Å². The Labute approximate surface area is 132 Å². The minimum atomic E-state index is -3.19. The second-order valence-corrected chi connectivity index (χ2v) is 6.98.